The van der Waals surface area contributed by atoms with E-state index < -0.39 is 0 Å². The lowest BCUT2D eigenvalue weighted by atomic mass is 9.80. The predicted octanol–water partition coefficient (Wildman–Crippen LogP) is 3.31. The van der Waals surface area contributed by atoms with Crippen LogP contribution in [0.5, 0.6) is 0 Å². The maximum absolute atomic E-state index is 2.44. The molecule has 2 aliphatic rings. The summed E-state index contributed by atoms with van der Waals surface area (Å²) in [6, 6.07) is 0. The topological polar surface area (TPSA) is 0 Å². The molecule has 0 aromatic rings. The molecule has 0 N–H and O–H groups in total. The first-order chi connectivity index (χ1) is 5.27. The summed E-state index contributed by atoms with van der Waals surface area (Å²) >= 11 is 0. The highest BCUT2D eigenvalue weighted by atomic mass is 14.3. The summed E-state index contributed by atoms with van der Waals surface area (Å²) in [6.07, 6.45) is 9.06. The second-order valence-electron chi connectivity index (χ2n) is 3.99. The van der Waals surface area contributed by atoms with Gasteiger partial charge in [0.15, 0.2) is 0 Å². The quantitative estimate of drug-likeness (QED) is 0.494. The maximum Gasteiger partial charge on any atom is -0.00117 e. The van der Waals surface area contributed by atoms with Gasteiger partial charge in [-0.3, -0.25) is 0 Å². The van der Waals surface area contributed by atoms with E-state index in [1.807, 2.05) is 0 Å². The molecule has 2 rings (SSSR count). The Morgan fingerprint density at radius 2 is 2.18 bits per heavy atom. The summed E-state index contributed by atoms with van der Waals surface area (Å²) in [5, 5.41) is 0. The van der Waals surface area contributed by atoms with Crippen molar-refractivity contribution in [2.45, 2.75) is 33.1 Å². The van der Waals surface area contributed by atoms with Gasteiger partial charge in [-0.2, -0.15) is 0 Å². The van der Waals surface area contributed by atoms with E-state index in [0.29, 0.717) is 0 Å². The first-order valence-corrected chi connectivity index (χ1v) is 4.67. The van der Waals surface area contributed by atoms with Crippen molar-refractivity contribution < 1.29 is 0 Å². The van der Waals surface area contributed by atoms with Gasteiger partial charge in [-0.05, 0) is 31.6 Å². The van der Waals surface area contributed by atoms with Crippen LogP contribution in [0.15, 0.2) is 23.3 Å². The molecule has 11 heavy (non-hydrogen) atoms. The Kier molecular flexibility index (Phi) is 1.63. The lowest BCUT2D eigenvalue weighted by molar-refractivity contribution is 0.434. The van der Waals surface area contributed by atoms with Crippen LogP contribution < -0.4 is 0 Å². The molecular formula is C11H16. The van der Waals surface area contributed by atoms with E-state index in [0.717, 1.165) is 11.8 Å². The van der Waals surface area contributed by atoms with E-state index in [-0.39, 0.29) is 0 Å². The van der Waals surface area contributed by atoms with Crippen molar-refractivity contribution >= 4 is 0 Å². The molecule has 1 fully saturated rings. The largest absolute Gasteiger partial charge is 0.0744 e. The Morgan fingerprint density at radius 1 is 1.36 bits per heavy atom. The summed E-state index contributed by atoms with van der Waals surface area (Å²) in [4.78, 5) is 0. The Balaban J connectivity index is 2.24. The minimum atomic E-state index is 0.818. The molecule has 0 amide bonds. The summed E-state index contributed by atoms with van der Waals surface area (Å²) in [7, 11) is 0. The lowest BCUT2D eigenvalue weighted by Crippen LogP contribution is -2.13. The Bertz CT molecular complexity index is 220. The van der Waals surface area contributed by atoms with Gasteiger partial charge in [0.1, 0.15) is 0 Å². The molecule has 0 heteroatoms. The molecule has 0 bridgehead atoms. The van der Waals surface area contributed by atoms with Crippen LogP contribution in [0.3, 0.4) is 0 Å². The molecule has 0 radical (unpaired) electrons. The van der Waals surface area contributed by atoms with E-state index in [1.165, 1.54) is 24.8 Å². The van der Waals surface area contributed by atoms with Crippen molar-refractivity contribution in [1.82, 2.24) is 0 Å². The molecular weight excluding hydrogens is 132 g/mol. The number of allylic oxidation sites excluding steroid dienone is 4. The molecule has 0 aromatic heterocycles. The summed E-state index contributed by atoms with van der Waals surface area (Å²) < 4.78 is 0. The highest BCUT2D eigenvalue weighted by Gasteiger charge is 2.25. The molecule has 0 aliphatic heterocycles. The normalized spacial score (nSPS) is 36.2. The standard InChI is InChI=1S/C11H16/c1-8-6-10-5-3-4-9(2)11(10)7-8/h6-7,9-10H,3-5H2,1-2H3. The third-order valence-electron chi connectivity index (χ3n) is 3.01. The highest BCUT2D eigenvalue weighted by molar-refractivity contribution is 5.36. The maximum atomic E-state index is 2.44. The Hall–Kier alpha value is -0.520. The zero-order valence-corrected chi connectivity index (χ0v) is 7.43. The fraction of sp³-hybridized carbons (Fsp3) is 0.636. The number of fused-ring (bicyclic) bond motifs is 1. The predicted molar refractivity (Wildman–Crippen MR) is 48.3 cm³/mol. The summed E-state index contributed by atoms with van der Waals surface area (Å²) in [5.41, 5.74) is 3.19. The van der Waals surface area contributed by atoms with Crippen LogP contribution in [0.1, 0.15) is 33.1 Å². The number of hydrogen-bond donors (Lipinski definition) is 0. The van der Waals surface area contributed by atoms with E-state index in [4.69, 9.17) is 0 Å². The van der Waals surface area contributed by atoms with Gasteiger partial charge in [0.2, 0.25) is 0 Å². The molecule has 2 aliphatic carbocycles. The van der Waals surface area contributed by atoms with Gasteiger partial charge in [-0.15, -0.1) is 0 Å². The second kappa shape index (κ2) is 2.51. The highest BCUT2D eigenvalue weighted by Crippen LogP contribution is 2.39. The van der Waals surface area contributed by atoms with Gasteiger partial charge in [0.05, 0.1) is 0 Å². The van der Waals surface area contributed by atoms with Gasteiger partial charge in [0.25, 0.3) is 0 Å². The first-order valence-electron chi connectivity index (χ1n) is 4.67. The molecule has 2 unspecified atom stereocenters. The number of rotatable bonds is 0. The second-order valence-corrected chi connectivity index (χ2v) is 3.99. The smallest absolute Gasteiger partial charge is 0.00117 e. The molecule has 0 spiro atoms. The van der Waals surface area contributed by atoms with Gasteiger partial charge in [-0.25, -0.2) is 0 Å². The zero-order chi connectivity index (χ0) is 7.84. The van der Waals surface area contributed by atoms with E-state index in [1.54, 1.807) is 5.57 Å². The van der Waals surface area contributed by atoms with E-state index in [2.05, 4.69) is 26.0 Å². The van der Waals surface area contributed by atoms with Crippen molar-refractivity contribution in [3.8, 4) is 0 Å². The lowest BCUT2D eigenvalue weighted by Gasteiger charge is -2.25. The molecule has 0 aromatic carbocycles. The van der Waals surface area contributed by atoms with Gasteiger partial charge in [-0.1, -0.05) is 36.6 Å². The fourth-order valence-corrected chi connectivity index (χ4v) is 2.40. The van der Waals surface area contributed by atoms with Crippen molar-refractivity contribution in [3.05, 3.63) is 23.3 Å². The summed E-state index contributed by atoms with van der Waals surface area (Å²) in [6.45, 7) is 4.59. The van der Waals surface area contributed by atoms with Crippen LogP contribution >= 0.6 is 0 Å². The molecule has 0 nitrogen and oxygen atoms in total. The van der Waals surface area contributed by atoms with Crippen molar-refractivity contribution in [2.24, 2.45) is 11.8 Å². The zero-order valence-electron chi connectivity index (χ0n) is 7.43. The van der Waals surface area contributed by atoms with E-state index >= 15 is 0 Å². The fourth-order valence-electron chi connectivity index (χ4n) is 2.40. The third-order valence-corrected chi connectivity index (χ3v) is 3.01. The van der Waals surface area contributed by atoms with Crippen LogP contribution in [0, 0.1) is 11.8 Å². The van der Waals surface area contributed by atoms with Crippen molar-refractivity contribution in [2.75, 3.05) is 0 Å². The van der Waals surface area contributed by atoms with Gasteiger partial charge < -0.3 is 0 Å². The van der Waals surface area contributed by atoms with Crippen LogP contribution in [-0.4, -0.2) is 0 Å². The molecule has 2 atom stereocenters. The molecule has 1 saturated carbocycles. The number of hydrogen-bond acceptors (Lipinski definition) is 0. The van der Waals surface area contributed by atoms with Gasteiger partial charge in [0, 0.05) is 0 Å². The molecule has 0 heterocycles. The Labute approximate surface area is 69.0 Å². The van der Waals surface area contributed by atoms with E-state index in [9.17, 15) is 0 Å². The average Bonchev–Trinajstić information content (AvgIpc) is 2.31. The van der Waals surface area contributed by atoms with Crippen molar-refractivity contribution in [1.29, 1.82) is 0 Å². The monoisotopic (exact) mass is 148 g/mol. The van der Waals surface area contributed by atoms with Crippen LogP contribution in [0.2, 0.25) is 0 Å². The molecule has 60 valence electrons. The minimum absolute atomic E-state index is 0.818. The third kappa shape index (κ3) is 1.15. The minimum Gasteiger partial charge on any atom is -0.0744 e. The SMILES string of the molecule is CC1=CC2CCCC(C)C2=C1. The summed E-state index contributed by atoms with van der Waals surface area (Å²) in [5.74, 6) is 1.67. The van der Waals surface area contributed by atoms with Crippen molar-refractivity contribution in [3.63, 3.8) is 0 Å². The molecule has 0 saturated heterocycles. The van der Waals surface area contributed by atoms with Gasteiger partial charge >= 0.3 is 0 Å². The van der Waals surface area contributed by atoms with Crippen LogP contribution in [0.25, 0.3) is 0 Å². The first kappa shape index (κ1) is 7.15. The van der Waals surface area contributed by atoms with Crippen LogP contribution in [-0.2, 0) is 0 Å². The average molecular weight is 148 g/mol. The van der Waals surface area contributed by atoms with Crippen LogP contribution in [0.4, 0.5) is 0 Å². The Morgan fingerprint density at radius 3 is 2.91 bits per heavy atom.